The van der Waals surface area contributed by atoms with Crippen molar-refractivity contribution in [3.63, 3.8) is 0 Å². The number of ether oxygens (including phenoxy) is 2. The molecule has 0 spiro atoms. The van der Waals surface area contributed by atoms with Gasteiger partial charge in [-0.25, -0.2) is 4.79 Å². The highest BCUT2D eigenvalue weighted by Crippen LogP contribution is 2.06. The summed E-state index contributed by atoms with van der Waals surface area (Å²) in [6, 6.07) is 0. The number of piperidine rings is 1. The second-order valence-electron chi connectivity index (χ2n) is 2.62. The quantitative estimate of drug-likeness (QED) is 0.512. The van der Waals surface area contributed by atoms with Gasteiger partial charge >= 0.3 is 6.22 Å². The van der Waals surface area contributed by atoms with Gasteiger partial charge in [-0.15, -0.1) is 4.39 Å². The van der Waals surface area contributed by atoms with Crippen LogP contribution in [0.25, 0.3) is 0 Å². The molecule has 1 N–H and O–H groups in total. The molecule has 1 rings (SSSR count). The zero-order valence-electron chi connectivity index (χ0n) is 6.72. The minimum Gasteiger partial charge on any atom is -0.413 e. The van der Waals surface area contributed by atoms with Gasteiger partial charge in [0, 0.05) is 0 Å². The summed E-state index contributed by atoms with van der Waals surface area (Å²) in [5.41, 5.74) is 0. The molecule has 1 saturated heterocycles. The summed E-state index contributed by atoms with van der Waals surface area (Å²) in [5, 5.41) is 3.15. The van der Waals surface area contributed by atoms with Crippen LogP contribution in [0.2, 0.25) is 0 Å². The number of hydrogen-bond donors (Lipinski definition) is 1. The van der Waals surface area contributed by atoms with E-state index in [2.05, 4.69) is 10.1 Å². The van der Waals surface area contributed by atoms with Crippen LogP contribution in [-0.2, 0) is 9.47 Å². The van der Waals surface area contributed by atoms with Crippen molar-refractivity contribution in [2.75, 3.05) is 19.9 Å². The van der Waals surface area contributed by atoms with Crippen LogP contribution in [0.3, 0.4) is 0 Å². The number of carbonyl (C=O) groups excluding carboxylic acids is 1. The van der Waals surface area contributed by atoms with Crippen LogP contribution in [0.5, 0.6) is 0 Å². The van der Waals surface area contributed by atoms with Gasteiger partial charge in [0.1, 0.15) is 0 Å². The number of hydrogen-bond acceptors (Lipinski definition) is 4. The van der Waals surface area contributed by atoms with Crippen molar-refractivity contribution in [3.05, 3.63) is 0 Å². The predicted molar refractivity (Wildman–Crippen MR) is 39.4 cm³/mol. The zero-order chi connectivity index (χ0) is 8.81. The lowest BCUT2D eigenvalue weighted by Crippen LogP contribution is -2.33. The molecule has 0 bridgehead atoms. The van der Waals surface area contributed by atoms with Gasteiger partial charge in [-0.2, -0.15) is 0 Å². The number of carbonyl (C=O) groups is 1. The van der Waals surface area contributed by atoms with Gasteiger partial charge in [-0.1, -0.05) is 0 Å². The van der Waals surface area contributed by atoms with Gasteiger partial charge in [0.2, 0.25) is 0 Å². The summed E-state index contributed by atoms with van der Waals surface area (Å²) in [4.78, 5) is 9.70. The molecular weight excluding hydrogens is 165 g/mol. The minimum atomic E-state index is -1.79. The van der Waals surface area contributed by atoms with E-state index in [0.29, 0.717) is 0 Å². The first-order valence-corrected chi connectivity index (χ1v) is 3.93. The Labute approximate surface area is 70.0 Å². The maximum atomic E-state index is 11.5. The molecule has 0 aliphatic carbocycles. The molecule has 0 aromatic heterocycles. The predicted octanol–water partition coefficient (Wildman–Crippen LogP) is 0.819. The highest BCUT2D eigenvalue weighted by molar-refractivity contribution is 5.57. The molecule has 0 aromatic rings. The van der Waals surface area contributed by atoms with Crippen LogP contribution < -0.4 is 5.32 Å². The molecule has 4 nitrogen and oxygen atoms in total. The standard InChI is InChI=1S/C7H12FNO3/c8-7(10)12-5-11-6-1-3-9-4-2-6/h6,9H,1-5H2. The Hall–Kier alpha value is -0.680. The first-order valence-electron chi connectivity index (χ1n) is 3.93. The summed E-state index contributed by atoms with van der Waals surface area (Å²) >= 11 is 0. The Balaban J connectivity index is 2.01. The van der Waals surface area contributed by atoms with Crippen LogP contribution in [0.4, 0.5) is 9.18 Å². The minimum absolute atomic E-state index is 0.0885. The van der Waals surface area contributed by atoms with Gasteiger partial charge in [0.05, 0.1) is 6.10 Å². The van der Waals surface area contributed by atoms with Crippen LogP contribution in [0, 0.1) is 0 Å². The smallest absolute Gasteiger partial charge is 0.413 e. The lowest BCUT2D eigenvalue weighted by Gasteiger charge is -2.22. The van der Waals surface area contributed by atoms with E-state index in [-0.39, 0.29) is 12.9 Å². The molecule has 0 aromatic carbocycles. The van der Waals surface area contributed by atoms with Crippen molar-refractivity contribution in [2.24, 2.45) is 0 Å². The van der Waals surface area contributed by atoms with Gasteiger partial charge in [-0.05, 0) is 25.9 Å². The summed E-state index contributed by atoms with van der Waals surface area (Å²) in [6.45, 7) is 1.52. The molecule has 5 heteroatoms. The average Bonchev–Trinajstić information content (AvgIpc) is 2.05. The third kappa shape index (κ3) is 3.64. The molecule has 0 radical (unpaired) electrons. The molecule has 1 heterocycles. The van der Waals surface area contributed by atoms with Crippen molar-refractivity contribution in [1.82, 2.24) is 5.32 Å². The molecule has 1 fully saturated rings. The maximum absolute atomic E-state index is 11.5. The normalized spacial score (nSPS) is 19.1. The van der Waals surface area contributed by atoms with Crippen molar-refractivity contribution in [1.29, 1.82) is 0 Å². The highest BCUT2D eigenvalue weighted by Gasteiger charge is 2.13. The highest BCUT2D eigenvalue weighted by atomic mass is 19.1. The SMILES string of the molecule is O=C(F)OCOC1CCNCC1. The molecule has 0 atom stereocenters. The largest absolute Gasteiger partial charge is 0.497 e. The first kappa shape index (κ1) is 9.41. The summed E-state index contributed by atoms with van der Waals surface area (Å²) in [5.74, 6) is 0. The number of halogens is 1. The molecule has 0 saturated carbocycles. The first-order chi connectivity index (χ1) is 5.79. The fourth-order valence-corrected chi connectivity index (χ4v) is 1.14. The van der Waals surface area contributed by atoms with Crippen molar-refractivity contribution >= 4 is 6.22 Å². The van der Waals surface area contributed by atoms with Gasteiger partial charge in [-0.3, -0.25) is 0 Å². The van der Waals surface area contributed by atoms with E-state index in [0.717, 1.165) is 25.9 Å². The lowest BCUT2D eigenvalue weighted by molar-refractivity contribution is -0.0711. The van der Waals surface area contributed by atoms with Gasteiger partial charge < -0.3 is 14.8 Å². The van der Waals surface area contributed by atoms with Crippen LogP contribution in [0.1, 0.15) is 12.8 Å². The van der Waals surface area contributed by atoms with E-state index in [1.807, 2.05) is 0 Å². The summed E-state index contributed by atoms with van der Waals surface area (Å²) in [6.07, 6.45) is 0.0581. The van der Waals surface area contributed by atoms with Crippen LogP contribution >= 0.6 is 0 Å². The number of nitrogens with one attached hydrogen (secondary N) is 1. The molecule has 1 aliphatic heterocycles. The Morgan fingerprint density at radius 2 is 2.17 bits per heavy atom. The molecule has 0 amide bonds. The Kier molecular flexibility index (Phi) is 3.96. The van der Waals surface area contributed by atoms with Crippen LogP contribution in [-0.4, -0.2) is 32.2 Å². The average molecular weight is 177 g/mol. The topological polar surface area (TPSA) is 47.6 Å². The van der Waals surface area contributed by atoms with Crippen LogP contribution in [0.15, 0.2) is 0 Å². The van der Waals surface area contributed by atoms with Gasteiger partial charge in [0.25, 0.3) is 0 Å². The van der Waals surface area contributed by atoms with E-state index in [1.54, 1.807) is 0 Å². The molecule has 0 unspecified atom stereocenters. The second-order valence-corrected chi connectivity index (χ2v) is 2.62. The monoisotopic (exact) mass is 177 g/mol. The fourth-order valence-electron chi connectivity index (χ4n) is 1.14. The molecule has 70 valence electrons. The molecular formula is C7H12FNO3. The third-order valence-electron chi connectivity index (χ3n) is 1.76. The fraction of sp³-hybridized carbons (Fsp3) is 0.857. The van der Waals surface area contributed by atoms with E-state index in [1.165, 1.54) is 0 Å². The summed E-state index contributed by atoms with van der Waals surface area (Å²) in [7, 11) is 0. The van der Waals surface area contributed by atoms with Crippen molar-refractivity contribution < 1.29 is 18.7 Å². The van der Waals surface area contributed by atoms with Gasteiger partial charge in [0.15, 0.2) is 6.79 Å². The van der Waals surface area contributed by atoms with E-state index in [9.17, 15) is 9.18 Å². The van der Waals surface area contributed by atoms with E-state index < -0.39 is 6.22 Å². The van der Waals surface area contributed by atoms with E-state index in [4.69, 9.17) is 4.74 Å². The third-order valence-corrected chi connectivity index (χ3v) is 1.76. The number of rotatable bonds is 3. The Bertz CT molecular complexity index is 148. The Morgan fingerprint density at radius 3 is 2.75 bits per heavy atom. The van der Waals surface area contributed by atoms with E-state index >= 15 is 0 Å². The molecule has 1 aliphatic rings. The zero-order valence-corrected chi connectivity index (χ0v) is 6.72. The van der Waals surface area contributed by atoms with Crippen molar-refractivity contribution in [2.45, 2.75) is 18.9 Å². The van der Waals surface area contributed by atoms with Crippen molar-refractivity contribution in [3.8, 4) is 0 Å². The second kappa shape index (κ2) is 5.05. The maximum Gasteiger partial charge on any atom is 0.497 e. The lowest BCUT2D eigenvalue weighted by atomic mass is 10.1. The summed E-state index contributed by atoms with van der Waals surface area (Å²) < 4.78 is 20.6. The molecule has 12 heavy (non-hydrogen) atoms. The Morgan fingerprint density at radius 1 is 1.50 bits per heavy atom.